The zero-order valence-corrected chi connectivity index (χ0v) is 20.8. The van der Waals surface area contributed by atoms with E-state index < -0.39 is 0 Å². The van der Waals surface area contributed by atoms with Crippen molar-refractivity contribution in [2.75, 3.05) is 0 Å². The zero-order chi connectivity index (χ0) is 25.1. The molecule has 0 N–H and O–H groups in total. The molecule has 6 aromatic carbocycles. The second-order valence-electron chi connectivity index (χ2n) is 9.94. The SMILES string of the molecule is c1ccc2cc(-n3ccc4cc(-c5ccc(-n6ccc7c8ccccc8ccc76)cc5)ccc43)ccc2c1. The Morgan fingerprint density at radius 3 is 1.89 bits per heavy atom. The van der Waals surface area contributed by atoms with Crippen molar-refractivity contribution in [3.63, 3.8) is 0 Å². The molecule has 0 fully saturated rings. The van der Waals surface area contributed by atoms with Crippen molar-refractivity contribution in [2.45, 2.75) is 0 Å². The highest BCUT2D eigenvalue weighted by Crippen LogP contribution is 2.31. The molecule has 0 spiro atoms. The lowest BCUT2D eigenvalue weighted by molar-refractivity contribution is 1.13. The van der Waals surface area contributed by atoms with Crippen molar-refractivity contribution in [1.82, 2.24) is 9.13 Å². The third-order valence-corrected chi connectivity index (χ3v) is 7.78. The van der Waals surface area contributed by atoms with Gasteiger partial charge in [0.25, 0.3) is 0 Å². The first-order chi connectivity index (χ1) is 18.8. The quantitative estimate of drug-likeness (QED) is 0.236. The van der Waals surface area contributed by atoms with E-state index >= 15 is 0 Å². The summed E-state index contributed by atoms with van der Waals surface area (Å²) in [4.78, 5) is 0. The van der Waals surface area contributed by atoms with Gasteiger partial charge in [-0.3, -0.25) is 0 Å². The van der Waals surface area contributed by atoms with Gasteiger partial charge in [0.2, 0.25) is 0 Å². The van der Waals surface area contributed by atoms with Crippen molar-refractivity contribution < 1.29 is 0 Å². The smallest absolute Gasteiger partial charge is 0.0534 e. The highest BCUT2D eigenvalue weighted by molar-refractivity contribution is 6.07. The summed E-state index contributed by atoms with van der Waals surface area (Å²) in [7, 11) is 0. The molecule has 0 unspecified atom stereocenters. The van der Waals surface area contributed by atoms with Crippen LogP contribution in [0, 0.1) is 0 Å². The van der Waals surface area contributed by atoms with Gasteiger partial charge >= 0.3 is 0 Å². The predicted molar refractivity (Wildman–Crippen MR) is 161 cm³/mol. The van der Waals surface area contributed by atoms with E-state index in [1.165, 1.54) is 65.9 Å². The molecule has 178 valence electrons. The Bertz CT molecular complexity index is 2120. The van der Waals surface area contributed by atoms with E-state index in [1.54, 1.807) is 0 Å². The lowest BCUT2D eigenvalue weighted by Gasteiger charge is -2.10. The normalized spacial score (nSPS) is 11.7. The van der Waals surface area contributed by atoms with E-state index in [9.17, 15) is 0 Å². The molecule has 2 heteroatoms. The van der Waals surface area contributed by atoms with Gasteiger partial charge in [0.15, 0.2) is 0 Å². The Morgan fingerprint density at radius 2 is 1.00 bits per heavy atom. The van der Waals surface area contributed by atoms with Crippen molar-refractivity contribution >= 4 is 43.4 Å². The van der Waals surface area contributed by atoms with Crippen LogP contribution in [0.4, 0.5) is 0 Å². The van der Waals surface area contributed by atoms with Crippen LogP contribution in [-0.2, 0) is 0 Å². The molecule has 0 bridgehead atoms. The van der Waals surface area contributed by atoms with Crippen LogP contribution in [0.25, 0.3) is 65.9 Å². The summed E-state index contributed by atoms with van der Waals surface area (Å²) in [6.07, 6.45) is 4.34. The first-order valence-corrected chi connectivity index (χ1v) is 13.0. The minimum atomic E-state index is 1.17. The van der Waals surface area contributed by atoms with E-state index in [1.807, 2.05) is 0 Å². The summed E-state index contributed by atoms with van der Waals surface area (Å²) in [5.41, 5.74) is 7.24. The third-order valence-electron chi connectivity index (χ3n) is 7.78. The summed E-state index contributed by atoms with van der Waals surface area (Å²) in [5, 5.41) is 7.62. The summed E-state index contributed by atoms with van der Waals surface area (Å²) < 4.78 is 4.55. The molecule has 0 radical (unpaired) electrons. The van der Waals surface area contributed by atoms with Gasteiger partial charge in [-0.2, -0.15) is 0 Å². The second-order valence-corrected chi connectivity index (χ2v) is 9.94. The Balaban J connectivity index is 1.14. The molecule has 0 saturated carbocycles. The van der Waals surface area contributed by atoms with Gasteiger partial charge in [-0.15, -0.1) is 0 Å². The fourth-order valence-corrected chi connectivity index (χ4v) is 5.81. The van der Waals surface area contributed by atoms with Gasteiger partial charge in [-0.1, -0.05) is 78.9 Å². The van der Waals surface area contributed by atoms with Gasteiger partial charge < -0.3 is 9.13 Å². The van der Waals surface area contributed by atoms with Crippen LogP contribution >= 0.6 is 0 Å². The molecule has 0 aliphatic heterocycles. The summed E-state index contributed by atoms with van der Waals surface area (Å²) in [5.74, 6) is 0. The molecule has 38 heavy (non-hydrogen) atoms. The van der Waals surface area contributed by atoms with Crippen LogP contribution in [0.1, 0.15) is 0 Å². The molecular formula is C36H24N2. The number of fused-ring (bicyclic) bond motifs is 5. The highest BCUT2D eigenvalue weighted by atomic mass is 15.0. The average molecular weight is 485 g/mol. The third kappa shape index (κ3) is 3.28. The Kier molecular flexibility index (Phi) is 4.55. The van der Waals surface area contributed by atoms with E-state index in [2.05, 4.69) is 155 Å². The highest BCUT2D eigenvalue weighted by Gasteiger charge is 2.09. The van der Waals surface area contributed by atoms with E-state index in [0.717, 1.165) is 0 Å². The number of nitrogens with zero attached hydrogens (tertiary/aromatic N) is 2. The lowest BCUT2D eigenvalue weighted by Crippen LogP contribution is -1.92. The number of aromatic nitrogens is 2. The van der Waals surface area contributed by atoms with Gasteiger partial charge in [0.1, 0.15) is 0 Å². The summed E-state index contributed by atoms with van der Waals surface area (Å²) in [6, 6.07) is 48.3. The molecule has 8 aromatic rings. The van der Waals surface area contributed by atoms with Crippen LogP contribution < -0.4 is 0 Å². The van der Waals surface area contributed by atoms with Gasteiger partial charge in [0, 0.05) is 34.5 Å². The first-order valence-electron chi connectivity index (χ1n) is 13.0. The van der Waals surface area contributed by atoms with Crippen LogP contribution in [0.3, 0.4) is 0 Å². The first kappa shape index (κ1) is 21.0. The van der Waals surface area contributed by atoms with Gasteiger partial charge in [-0.05, 0) is 87.3 Å². The Labute approximate surface area is 220 Å². The number of benzene rings is 6. The standard InChI is InChI=1S/C36H24N2/c1-2-7-28-24-32(16-11-25(28)5-1)38-21-19-30-23-29(13-17-35(30)38)26-9-14-31(15-10-26)37-22-20-34-33-8-4-3-6-27(33)12-18-36(34)37/h1-24H. The van der Waals surface area contributed by atoms with Gasteiger partial charge in [-0.25, -0.2) is 0 Å². The Morgan fingerprint density at radius 1 is 0.342 bits per heavy atom. The van der Waals surface area contributed by atoms with E-state index in [0.29, 0.717) is 0 Å². The summed E-state index contributed by atoms with van der Waals surface area (Å²) >= 11 is 0. The number of hydrogen-bond donors (Lipinski definition) is 0. The zero-order valence-electron chi connectivity index (χ0n) is 20.8. The van der Waals surface area contributed by atoms with Crippen molar-refractivity contribution in [3.8, 4) is 22.5 Å². The van der Waals surface area contributed by atoms with Crippen LogP contribution in [0.2, 0.25) is 0 Å². The lowest BCUT2D eigenvalue weighted by atomic mass is 10.0. The van der Waals surface area contributed by atoms with E-state index in [-0.39, 0.29) is 0 Å². The fraction of sp³-hybridized carbons (Fsp3) is 0. The monoisotopic (exact) mass is 484 g/mol. The maximum Gasteiger partial charge on any atom is 0.0534 e. The van der Waals surface area contributed by atoms with Crippen molar-refractivity contribution in [3.05, 3.63) is 146 Å². The molecule has 0 atom stereocenters. The van der Waals surface area contributed by atoms with Gasteiger partial charge in [0.05, 0.1) is 11.0 Å². The van der Waals surface area contributed by atoms with Crippen LogP contribution in [0.15, 0.2) is 146 Å². The van der Waals surface area contributed by atoms with Crippen LogP contribution in [-0.4, -0.2) is 9.13 Å². The van der Waals surface area contributed by atoms with Crippen molar-refractivity contribution in [1.29, 1.82) is 0 Å². The molecular weight excluding hydrogens is 460 g/mol. The predicted octanol–water partition coefficient (Wildman–Crippen LogP) is 9.55. The molecule has 0 aliphatic carbocycles. The molecule has 0 aliphatic rings. The largest absolute Gasteiger partial charge is 0.317 e. The molecule has 0 saturated heterocycles. The maximum absolute atomic E-state index is 2.29. The van der Waals surface area contributed by atoms with Crippen LogP contribution in [0.5, 0.6) is 0 Å². The minimum Gasteiger partial charge on any atom is -0.317 e. The van der Waals surface area contributed by atoms with E-state index in [4.69, 9.17) is 0 Å². The van der Waals surface area contributed by atoms with Crippen molar-refractivity contribution in [2.24, 2.45) is 0 Å². The minimum absolute atomic E-state index is 1.17. The molecule has 2 heterocycles. The summed E-state index contributed by atoms with van der Waals surface area (Å²) in [6.45, 7) is 0. The second kappa shape index (κ2) is 8.22. The number of rotatable bonds is 3. The molecule has 2 nitrogen and oxygen atoms in total. The number of hydrogen-bond acceptors (Lipinski definition) is 0. The molecule has 8 rings (SSSR count). The fourth-order valence-electron chi connectivity index (χ4n) is 5.81. The Hall–Kier alpha value is -5.08. The average Bonchev–Trinajstić information content (AvgIpc) is 3.61. The maximum atomic E-state index is 2.29. The molecule has 0 amide bonds. The topological polar surface area (TPSA) is 9.86 Å². The molecule has 2 aromatic heterocycles.